The van der Waals surface area contributed by atoms with E-state index in [0.29, 0.717) is 5.95 Å². The summed E-state index contributed by atoms with van der Waals surface area (Å²) < 4.78 is 0. The molecule has 0 aliphatic heterocycles. The van der Waals surface area contributed by atoms with Crippen molar-refractivity contribution in [1.29, 1.82) is 0 Å². The number of aromatic amines is 1. The van der Waals surface area contributed by atoms with Crippen LogP contribution in [0, 0.1) is 0 Å². The van der Waals surface area contributed by atoms with E-state index in [2.05, 4.69) is 51.6 Å². The number of hydrogen-bond donors (Lipinski definition) is 3. The van der Waals surface area contributed by atoms with Crippen molar-refractivity contribution in [2.45, 2.75) is 46.1 Å². The van der Waals surface area contributed by atoms with Gasteiger partial charge in [-0.15, -0.1) is 0 Å². The van der Waals surface area contributed by atoms with Crippen molar-refractivity contribution in [2.24, 2.45) is 0 Å². The van der Waals surface area contributed by atoms with Crippen LogP contribution in [-0.4, -0.2) is 32.2 Å². The Bertz CT molecular complexity index is 545. The number of hydrogen-bond acceptors (Lipinski definition) is 5. The average Bonchev–Trinajstić information content (AvgIpc) is 2.77. The lowest BCUT2D eigenvalue weighted by Crippen LogP contribution is -2.31. The molecule has 0 radical (unpaired) electrons. The molecule has 0 spiro atoms. The quantitative estimate of drug-likeness (QED) is 0.746. The summed E-state index contributed by atoms with van der Waals surface area (Å²) in [4.78, 5) is 8.92. The highest BCUT2D eigenvalue weighted by Crippen LogP contribution is 2.25. The van der Waals surface area contributed by atoms with Crippen molar-refractivity contribution in [3.05, 3.63) is 6.20 Å². The summed E-state index contributed by atoms with van der Waals surface area (Å²) in [5, 5.41) is 14.5. The van der Waals surface area contributed by atoms with Crippen LogP contribution in [0.1, 0.15) is 40.5 Å². The van der Waals surface area contributed by atoms with Crippen LogP contribution in [0.5, 0.6) is 0 Å². The number of rotatable bonds is 6. The molecule has 3 N–H and O–H groups in total. The van der Waals surface area contributed by atoms with Gasteiger partial charge in [-0.25, -0.2) is 0 Å². The van der Waals surface area contributed by atoms with Crippen molar-refractivity contribution in [3.8, 4) is 0 Å². The molecule has 0 atom stereocenters. The van der Waals surface area contributed by atoms with E-state index in [1.165, 1.54) is 0 Å². The highest BCUT2D eigenvalue weighted by atomic mass is 15.2. The van der Waals surface area contributed by atoms with Crippen LogP contribution in [0.2, 0.25) is 0 Å². The van der Waals surface area contributed by atoms with Crippen LogP contribution >= 0.6 is 0 Å². The summed E-state index contributed by atoms with van der Waals surface area (Å²) in [6, 6.07) is 0. The third kappa shape index (κ3) is 3.13. The minimum absolute atomic E-state index is 0.00319. The van der Waals surface area contributed by atoms with E-state index in [-0.39, 0.29) is 5.54 Å². The molecule has 6 nitrogen and oxygen atoms in total. The normalized spacial score (nSPS) is 11.8. The van der Waals surface area contributed by atoms with Crippen LogP contribution in [0.15, 0.2) is 6.20 Å². The van der Waals surface area contributed by atoms with Crippen molar-refractivity contribution in [1.82, 2.24) is 20.2 Å². The maximum absolute atomic E-state index is 4.54. The van der Waals surface area contributed by atoms with Crippen molar-refractivity contribution < 1.29 is 0 Å². The fourth-order valence-corrected chi connectivity index (χ4v) is 2.18. The van der Waals surface area contributed by atoms with Gasteiger partial charge in [0.1, 0.15) is 5.82 Å². The molecule has 0 saturated heterocycles. The van der Waals surface area contributed by atoms with Gasteiger partial charge in [0.05, 0.1) is 11.6 Å². The van der Waals surface area contributed by atoms with Gasteiger partial charge in [0.25, 0.3) is 0 Å². The van der Waals surface area contributed by atoms with Gasteiger partial charge in [-0.1, -0.05) is 13.3 Å². The van der Waals surface area contributed by atoms with E-state index >= 15 is 0 Å². The topological polar surface area (TPSA) is 78.5 Å². The predicted molar refractivity (Wildman–Crippen MR) is 78.5 cm³/mol. The summed E-state index contributed by atoms with van der Waals surface area (Å²) >= 11 is 0. The van der Waals surface area contributed by atoms with Gasteiger partial charge >= 0.3 is 0 Å². The molecule has 2 aromatic heterocycles. The second-order valence-electron chi connectivity index (χ2n) is 5.32. The Morgan fingerprint density at radius 1 is 1.26 bits per heavy atom. The first-order valence-electron chi connectivity index (χ1n) is 6.79. The molecule has 0 amide bonds. The number of anilines is 2. The molecule has 2 heterocycles. The molecule has 2 rings (SSSR count). The Morgan fingerprint density at radius 2 is 2.05 bits per heavy atom. The van der Waals surface area contributed by atoms with Crippen molar-refractivity contribution in [3.63, 3.8) is 0 Å². The maximum Gasteiger partial charge on any atom is 0.226 e. The Kier molecular flexibility index (Phi) is 3.87. The molecule has 0 saturated carbocycles. The molecular weight excluding hydrogens is 240 g/mol. The molecule has 2 aromatic rings. The summed E-state index contributed by atoms with van der Waals surface area (Å²) in [5.41, 5.74) is 0.748. The van der Waals surface area contributed by atoms with E-state index in [4.69, 9.17) is 0 Å². The van der Waals surface area contributed by atoms with Gasteiger partial charge in [-0.05, 0) is 27.2 Å². The lowest BCUT2D eigenvalue weighted by atomic mass is 9.99. The molecule has 19 heavy (non-hydrogen) atoms. The zero-order chi connectivity index (χ0) is 13.9. The molecule has 0 aliphatic carbocycles. The van der Waals surface area contributed by atoms with E-state index in [9.17, 15) is 0 Å². The highest BCUT2D eigenvalue weighted by molar-refractivity contribution is 5.87. The van der Waals surface area contributed by atoms with Gasteiger partial charge in [-0.3, -0.25) is 5.10 Å². The Labute approximate surface area is 113 Å². The highest BCUT2D eigenvalue weighted by Gasteiger charge is 2.19. The lowest BCUT2D eigenvalue weighted by Gasteiger charge is -2.26. The van der Waals surface area contributed by atoms with Crippen LogP contribution in [0.4, 0.5) is 11.8 Å². The average molecular weight is 262 g/mol. The number of nitrogens with one attached hydrogen (secondary N) is 3. The molecule has 104 valence electrons. The zero-order valence-electron chi connectivity index (χ0n) is 12.0. The van der Waals surface area contributed by atoms with E-state index in [1.54, 1.807) is 6.20 Å². The molecule has 0 fully saturated rings. The van der Waals surface area contributed by atoms with Gasteiger partial charge in [0.15, 0.2) is 5.65 Å². The van der Waals surface area contributed by atoms with E-state index in [0.717, 1.165) is 36.2 Å². The lowest BCUT2D eigenvalue weighted by molar-refractivity contribution is 0.509. The van der Waals surface area contributed by atoms with Gasteiger partial charge in [0.2, 0.25) is 5.95 Å². The van der Waals surface area contributed by atoms with Crippen LogP contribution < -0.4 is 10.6 Å². The van der Waals surface area contributed by atoms with Crippen molar-refractivity contribution >= 4 is 22.8 Å². The first-order chi connectivity index (χ1) is 9.05. The SMILES string of the molecule is CCCC(C)(C)Nc1nc(NCC)nc2[nH]ncc12. The van der Waals surface area contributed by atoms with Gasteiger partial charge in [-0.2, -0.15) is 15.1 Å². The van der Waals surface area contributed by atoms with E-state index < -0.39 is 0 Å². The maximum atomic E-state index is 4.54. The molecule has 0 aliphatic rings. The number of nitrogens with zero attached hydrogens (tertiary/aromatic N) is 3. The Hall–Kier alpha value is -1.85. The fraction of sp³-hybridized carbons (Fsp3) is 0.615. The minimum Gasteiger partial charge on any atom is -0.364 e. The molecular formula is C13H22N6. The summed E-state index contributed by atoms with van der Waals surface area (Å²) in [6.45, 7) is 9.35. The van der Waals surface area contributed by atoms with E-state index in [1.807, 2.05) is 6.92 Å². The van der Waals surface area contributed by atoms with Gasteiger partial charge in [0, 0.05) is 12.1 Å². The Morgan fingerprint density at radius 3 is 2.74 bits per heavy atom. The monoisotopic (exact) mass is 262 g/mol. The fourth-order valence-electron chi connectivity index (χ4n) is 2.18. The largest absolute Gasteiger partial charge is 0.364 e. The second-order valence-corrected chi connectivity index (χ2v) is 5.32. The number of aromatic nitrogens is 4. The second kappa shape index (κ2) is 5.42. The van der Waals surface area contributed by atoms with Crippen molar-refractivity contribution in [2.75, 3.05) is 17.2 Å². The summed E-state index contributed by atoms with van der Waals surface area (Å²) in [6.07, 6.45) is 3.96. The smallest absolute Gasteiger partial charge is 0.226 e. The predicted octanol–water partition coefficient (Wildman–Crippen LogP) is 2.78. The summed E-state index contributed by atoms with van der Waals surface area (Å²) in [5.74, 6) is 1.45. The molecule has 0 unspecified atom stereocenters. The number of H-pyrrole nitrogens is 1. The minimum atomic E-state index is -0.00319. The van der Waals surface area contributed by atoms with Crippen LogP contribution in [0.3, 0.4) is 0 Å². The first kappa shape index (κ1) is 13.6. The molecule has 0 bridgehead atoms. The standard InChI is InChI=1S/C13H22N6/c1-5-7-13(3,4)18-10-9-8-15-19-11(9)17-12(16-10)14-6-2/h8H,5-7H2,1-4H3,(H3,14,15,16,17,18,19). The Balaban J connectivity index is 2.37. The third-order valence-corrected chi connectivity index (χ3v) is 2.98. The van der Waals surface area contributed by atoms with Crippen LogP contribution in [-0.2, 0) is 0 Å². The first-order valence-corrected chi connectivity index (χ1v) is 6.79. The van der Waals surface area contributed by atoms with Crippen LogP contribution in [0.25, 0.3) is 11.0 Å². The molecule has 6 heteroatoms. The number of fused-ring (bicyclic) bond motifs is 1. The van der Waals surface area contributed by atoms with Gasteiger partial charge < -0.3 is 10.6 Å². The summed E-state index contributed by atoms with van der Waals surface area (Å²) in [7, 11) is 0. The zero-order valence-corrected chi connectivity index (χ0v) is 12.0. The molecule has 0 aromatic carbocycles. The third-order valence-electron chi connectivity index (χ3n) is 2.98.